The van der Waals surface area contributed by atoms with Gasteiger partial charge in [-0.1, -0.05) is 29.3 Å². The van der Waals surface area contributed by atoms with Crippen molar-refractivity contribution < 1.29 is 4.42 Å². The van der Waals surface area contributed by atoms with Crippen molar-refractivity contribution in [3.05, 3.63) is 46.3 Å². The molecular formula is C14H11Cl2N3O. The van der Waals surface area contributed by atoms with E-state index in [4.69, 9.17) is 33.4 Å². The number of nitrogen functional groups attached to an aromatic ring is 1. The fraction of sp³-hybridized carbons (Fsp3) is 0.0714. The standard InChI is InChI=1S/C14H11Cl2N3O/c1-7-5-8(6-20-7)13-12(14(17)19-18-13)11-9(15)3-2-4-10(11)16/h2-6H,1H3,(H3,17,18,19). The molecule has 3 rings (SSSR count). The molecule has 0 atom stereocenters. The highest BCUT2D eigenvalue weighted by Gasteiger charge is 2.20. The number of hydrogen-bond donors (Lipinski definition) is 2. The van der Waals surface area contributed by atoms with Gasteiger partial charge in [-0.2, -0.15) is 5.10 Å². The van der Waals surface area contributed by atoms with Crippen LogP contribution in [0.2, 0.25) is 10.0 Å². The zero-order chi connectivity index (χ0) is 14.3. The summed E-state index contributed by atoms with van der Waals surface area (Å²) in [5.74, 6) is 1.14. The third-order valence-electron chi connectivity index (χ3n) is 3.03. The number of nitrogens with one attached hydrogen (secondary N) is 1. The van der Waals surface area contributed by atoms with Crippen LogP contribution in [0.15, 0.2) is 34.9 Å². The van der Waals surface area contributed by atoms with Crippen molar-refractivity contribution >= 4 is 29.0 Å². The second-order valence-electron chi connectivity index (χ2n) is 4.40. The topological polar surface area (TPSA) is 67.8 Å². The van der Waals surface area contributed by atoms with E-state index in [1.54, 1.807) is 24.5 Å². The highest BCUT2D eigenvalue weighted by Crippen LogP contribution is 2.42. The SMILES string of the molecule is Cc1cc(-c2[nH]nc(N)c2-c2c(Cl)cccc2Cl)co1. The molecule has 20 heavy (non-hydrogen) atoms. The van der Waals surface area contributed by atoms with Crippen LogP contribution in [0.4, 0.5) is 5.82 Å². The Hall–Kier alpha value is -1.91. The Balaban J connectivity index is 2.27. The average Bonchev–Trinajstić information content (AvgIpc) is 2.97. The van der Waals surface area contributed by atoms with Crippen LogP contribution in [0, 0.1) is 6.92 Å². The molecule has 0 aliphatic heterocycles. The van der Waals surface area contributed by atoms with Crippen molar-refractivity contribution in [1.82, 2.24) is 10.2 Å². The van der Waals surface area contributed by atoms with Gasteiger partial charge in [-0.05, 0) is 25.1 Å². The number of anilines is 1. The van der Waals surface area contributed by atoms with E-state index in [0.29, 0.717) is 27.0 Å². The lowest BCUT2D eigenvalue weighted by atomic mass is 10.0. The molecule has 0 aliphatic rings. The van der Waals surface area contributed by atoms with Gasteiger partial charge in [0.15, 0.2) is 5.82 Å². The van der Waals surface area contributed by atoms with E-state index < -0.39 is 0 Å². The molecule has 0 unspecified atom stereocenters. The number of benzene rings is 1. The summed E-state index contributed by atoms with van der Waals surface area (Å²) in [5, 5.41) is 8.00. The lowest BCUT2D eigenvalue weighted by Crippen LogP contribution is -1.90. The number of aryl methyl sites for hydroxylation is 1. The summed E-state index contributed by atoms with van der Waals surface area (Å²) in [6.45, 7) is 1.87. The molecule has 3 aromatic rings. The van der Waals surface area contributed by atoms with Crippen LogP contribution < -0.4 is 5.73 Å². The van der Waals surface area contributed by atoms with Gasteiger partial charge in [0.05, 0.1) is 21.3 Å². The van der Waals surface area contributed by atoms with Gasteiger partial charge < -0.3 is 10.2 Å². The molecule has 3 N–H and O–H groups in total. The number of aromatic amines is 1. The highest BCUT2D eigenvalue weighted by atomic mass is 35.5. The van der Waals surface area contributed by atoms with Crippen LogP contribution in [0.1, 0.15) is 5.76 Å². The molecule has 4 nitrogen and oxygen atoms in total. The van der Waals surface area contributed by atoms with E-state index in [9.17, 15) is 0 Å². The van der Waals surface area contributed by atoms with Crippen molar-refractivity contribution in [1.29, 1.82) is 0 Å². The molecule has 2 heterocycles. The number of nitrogens with zero attached hydrogens (tertiary/aromatic N) is 1. The second-order valence-corrected chi connectivity index (χ2v) is 5.22. The quantitative estimate of drug-likeness (QED) is 0.730. The number of hydrogen-bond acceptors (Lipinski definition) is 3. The summed E-state index contributed by atoms with van der Waals surface area (Å²) in [5.41, 5.74) is 8.89. The normalized spacial score (nSPS) is 10.9. The highest BCUT2D eigenvalue weighted by molar-refractivity contribution is 6.39. The van der Waals surface area contributed by atoms with Gasteiger partial charge in [0.25, 0.3) is 0 Å². The van der Waals surface area contributed by atoms with E-state index >= 15 is 0 Å². The van der Waals surface area contributed by atoms with Gasteiger partial charge in [0, 0.05) is 11.1 Å². The first kappa shape index (κ1) is 13.1. The molecule has 0 spiro atoms. The van der Waals surface area contributed by atoms with Crippen LogP contribution >= 0.6 is 23.2 Å². The van der Waals surface area contributed by atoms with E-state index in [1.807, 2.05) is 13.0 Å². The lowest BCUT2D eigenvalue weighted by Gasteiger charge is -2.07. The summed E-state index contributed by atoms with van der Waals surface area (Å²) in [6.07, 6.45) is 1.64. The van der Waals surface area contributed by atoms with E-state index in [2.05, 4.69) is 10.2 Å². The fourth-order valence-electron chi connectivity index (χ4n) is 2.13. The number of halogens is 2. The van der Waals surface area contributed by atoms with Crippen LogP contribution in [0.5, 0.6) is 0 Å². The molecule has 0 aliphatic carbocycles. The Labute approximate surface area is 125 Å². The largest absolute Gasteiger partial charge is 0.469 e. The van der Waals surface area contributed by atoms with Gasteiger partial charge >= 0.3 is 0 Å². The number of nitrogens with two attached hydrogens (primary N) is 1. The maximum Gasteiger partial charge on any atom is 0.153 e. The van der Waals surface area contributed by atoms with Crippen molar-refractivity contribution in [2.75, 3.05) is 5.73 Å². The van der Waals surface area contributed by atoms with Crippen LogP contribution in [-0.2, 0) is 0 Å². The van der Waals surface area contributed by atoms with Gasteiger partial charge in [-0.25, -0.2) is 0 Å². The van der Waals surface area contributed by atoms with E-state index in [-0.39, 0.29) is 0 Å². The fourth-order valence-corrected chi connectivity index (χ4v) is 2.72. The molecule has 6 heteroatoms. The first-order valence-electron chi connectivity index (χ1n) is 5.91. The second kappa shape index (κ2) is 4.89. The number of H-pyrrole nitrogens is 1. The Morgan fingerprint density at radius 2 is 1.90 bits per heavy atom. The smallest absolute Gasteiger partial charge is 0.153 e. The summed E-state index contributed by atoms with van der Waals surface area (Å²) in [7, 11) is 0. The van der Waals surface area contributed by atoms with Crippen molar-refractivity contribution in [2.45, 2.75) is 6.92 Å². The molecular weight excluding hydrogens is 297 g/mol. The monoisotopic (exact) mass is 307 g/mol. The Bertz CT molecular complexity index is 756. The van der Waals surface area contributed by atoms with Crippen molar-refractivity contribution in [2.24, 2.45) is 0 Å². The predicted molar refractivity (Wildman–Crippen MR) is 80.9 cm³/mol. The molecule has 0 amide bonds. The van der Waals surface area contributed by atoms with Gasteiger partial charge in [0.1, 0.15) is 12.0 Å². The zero-order valence-corrected chi connectivity index (χ0v) is 12.1. The molecule has 1 aromatic carbocycles. The van der Waals surface area contributed by atoms with Crippen molar-refractivity contribution in [3.63, 3.8) is 0 Å². The summed E-state index contributed by atoms with van der Waals surface area (Å²) >= 11 is 12.5. The minimum Gasteiger partial charge on any atom is -0.469 e. The number of furan rings is 1. The predicted octanol–water partition coefficient (Wildman–Crippen LogP) is 4.53. The van der Waals surface area contributed by atoms with E-state index in [1.165, 1.54) is 0 Å². The lowest BCUT2D eigenvalue weighted by molar-refractivity contribution is 0.535. The Morgan fingerprint density at radius 1 is 1.20 bits per heavy atom. The number of aromatic nitrogens is 2. The van der Waals surface area contributed by atoms with Crippen LogP contribution in [-0.4, -0.2) is 10.2 Å². The molecule has 0 radical (unpaired) electrons. The molecule has 102 valence electrons. The zero-order valence-electron chi connectivity index (χ0n) is 10.6. The molecule has 2 aromatic heterocycles. The van der Waals surface area contributed by atoms with Crippen LogP contribution in [0.3, 0.4) is 0 Å². The van der Waals surface area contributed by atoms with Gasteiger partial charge in [-0.15, -0.1) is 0 Å². The number of rotatable bonds is 2. The Morgan fingerprint density at radius 3 is 2.50 bits per heavy atom. The molecule has 0 saturated heterocycles. The third kappa shape index (κ3) is 2.07. The van der Waals surface area contributed by atoms with Gasteiger partial charge in [-0.3, -0.25) is 5.10 Å². The minimum atomic E-state index is 0.342. The maximum absolute atomic E-state index is 6.25. The molecule has 0 saturated carbocycles. The molecule has 0 bridgehead atoms. The van der Waals surface area contributed by atoms with Gasteiger partial charge in [0.2, 0.25) is 0 Å². The maximum atomic E-state index is 6.25. The minimum absolute atomic E-state index is 0.342. The van der Waals surface area contributed by atoms with Crippen LogP contribution in [0.25, 0.3) is 22.4 Å². The first-order chi connectivity index (χ1) is 9.58. The summed E-state index contributed by atoms with van der Waals surface area (Å²) in [6, 6.07) is 7.20. The summed E-state index contributed by atoms with van der Waals surface area (Å²) < 4.78 is 5.32. The first-order valence-corrected chi connectivity index (χ1v) is 6.67. The summed E-state index contributed by atoms with van der Waals surface area (Å²) in [4.78, 5) is 0. The van der Waals surface area contributed by atoms with Crippen molar-refractivity contribution in [3.8, 4) is 22.4 Å². The van der Waals surface area contributed by atoms with E-state index in [0.717, 1.165) is 17.0 Å². The third-order valence-corrected chi connectivity index (χ3v) is 3.66. The Kier molecular flexibility index (Phi) is 3.20. The average molecular weight is 308 g/mol. The molecule has 0 fully saturated rings.